The highest BCUT2D eigenvalue weighted by molar-refractivity contribution is 8.93. The summed E-state index contributed by atoms with van der Waals surface area (Å²) in [5.41, 5.74) is 1.36. The van der Waals surface area contributed by atoms with Crippen LogP contribution in [-0.2, 0) is 11.2 Å². The molecule has 0 fully saturated rings. The number of hydrogen-bond donors (Lipinski definition) is 1. The number of hydrogen-bond acceptors (Lipinski definition) is 3. The maximum absolute atomic E-state index is 5.32. The molecule has 0 atom stereocenters. The van der Waals surface area contributed by atoms with E-state index >= 15 is 0 Å². The summed E-state index contributed by atoms with van der Waals surface area (Å²) in [5, 5.41) is 5.85. The van der Waals surface area contributed by atoms with Crippen LogP contribution in [-0.4, -0.2) is 25.7 Å². The van der Waals surface area contributed by atoms with Crippen molar-refractivity contribution in [2.24, 2.45) is 4.99 Å². The zero-order valence-electron chi connectivity index (χ0n) is 10.6. The Hall–Kier alpha value is -1.55. The van der Waals surface area contributed by atoms with Gasteiger partial charge in [0.1, 0.15) is 6.61 Å². The van der Waals surface area contributed by atoms with Gasteiger partial charge in [0.25, 0.3) is 6.02 Å². The lowest BCUT2D eigenvalue weighted by Gasteiger charge is -2.08. The fraction of sp³-hybridized carbons (Fsp3) is 0.267. The number of benzene rings is 2. The van der Waals surface area contributed by atoms with Crippen molar-refractivity contribution in [3.63, 3.8) is 0 Å². The fourth-order valence-electron chi connectivity index (χ4n) is 2.26. The molecule has 0 spiro atoms. The Bertz CT molecular complexity index is 578. The summed E-state index contributed by atoms with van der Waals surface area (Å²) in [4.78, 5) is 4.21. The highest BCUT2D eigenvalue weighted by Gasteiger charge is 2.06. The summed E-state index contributed by atoms with van der Waals surface area (Å²) in [7, 11) is 0. The maximum atomic E-state index is 5.32. The smallest absolute Gasteiger partial charge is 0.284 e. The van der Waals surface area contributed by atoms with E-state index < -0.39 is 0 Å². The Morgan fingerprint density at radius 1 is 1.11 bits per heavy atom. The van der Waals surface area contributed by atoms with Crippen LogP contribution in [0, 0.1) is 0 Å². The second kappa shape index (κ2) is 6.57. The van der Waals surface area contributed by atoms with Crippen molar-refractivity contribution in [2.75, 3.05) is 19.7 Å². The van der Waals surface area contributed by atoms with Crippen molar-refractivity contribution in [2.45, 2.75) is 6.42 Å². The number of fused-ring (bicyclic) bond motifs is 1. The van der Waals surface area contributed by atoms with Crippen molar-refractivity contribution >= 4 is 33.8 Å². The monoisotopic (exact) mass is 320 g/mol. The van der Waals surface area contributed by atoms with E-state index in [9.17, 15) is 0 Å². The first kappa shape index (κ1) is 13.9. The van der Waals surface area contributed by atoms with E-state index in [1.54, 1.807) is 0 Å². The zero-order valence-corrected chi connectivity index (χ0v) is 12.3. The van der Waals surface area contributed by atoms with E-state index in [2.05, 4.69) is 52.8 Å². The van der Waals surface area contributed by atoms with Gasteiger partial charge in [-0.2, -0.15) is 0 Å². The third-order valence-electron chi connectivity index (χ3n) is 3.14. The minimum atomic E-state index is 0. The van der Waals surface area contributed by atoms with E-state index in [1.165, 1.54) is 16.3 Å². The number of nitrogens with zero attached hydrogens (tertiary/aromatic N) is 1. The lowest BCUT2D eigenvalue weighted by molar-refractivity contribution is 0.332. The third-order valence-corrected chi connectivity index (χ3v) is 3.14. The SMILES string of the molecule is Br.c1ccc2c(CCNC3=NCCO3)cccc2c1. The quantitative estimate of drug-likeness (QED) is 0.943. The molecule has 2 aromatic carbocycles. The lowest BCUT2D eigenvalue weighted by Crippen LogP contribution is -2.25. The summed E-state index contributed by atoms with van der Waals surface area (Å²) >= 11 is 0. The molecule has 0 radical (unpaired) electrons. The molecule has 0 aliphatic carbocycles. The molecule has 3 nitrogen and oxygen atoms in total. The van der Waals surface area contributed by atoms with Crippen molar-refractivity contribution in [3.8, 4) is 0 Å². The molecule has 0 amide bonds. The van der Waals surface area contributed by atoms with E-state index in [0.29, 0.717) is 12.6 Å². The fourth-order valence-corrected chi connectivity index (χ4v) is 2.26. The predicted octanol–water partition coefficient (Wildman–Crippen LogP) is 2.94. The second-order valence-electron chi connectivity index (χ2n) is 4.35. The van der Waals surface area contributed by atoms with Gasteiger partial charge < -0.3 is 10.1 Å². The number of amidine groups is 1. The summed E-state index contributed by atoms with van der Waals surface area (Å²) in [6.45, 7) is 2.33. The molecule has 1 heterocycles. The Kier molecular flexibility index (Phi) is 4.80. The molecule has 1 aliphatic rings. The molecule has 1 N–H and O–H groups in total. The molecule has 19 heavy (non-hydrogen) atoms. The maximum Gasteiger partial charge on any atom is 0.284 e. The molecule has 0 aromatic heterocycles. The molecule has 2 aromatic rings. The average Bonchev–Trinajstić information content (AvgIpc) is 2.92. The highest BCUT2D eigenvalue weighted by Crippen LogP contribution is 2.18. The molecule has 0 unspecified atom stereocenters. The van der Waals surface area contributed by atoms with Gasteiger partial charge in [-0.15, -0.1) is 17.0 Å². The van der Waals surface area contributed by atoms with Crippen LogP contribution in [0.25, 0.3) is 10.8 Å². The first-order valence-electron chi connectivity index (χ1n) is 6.31. The Labute approximate surface area is 123 Å². The molecule has 1 aliphatic heterocycles. The van der Waals surface area contributed by atoms with Crippen molar-refractivity contribution in [3.05, 3.63) is 48.0 Å². The summed E-state index contributed by atoms with van der Waals surface area (Å²) in [6.07, 6.45) is 0.976. The number of rotatable bonds is 3. The minimum Gasteiger partial charge on any atom is -0.463 e. The first-order valence-corrected chi connectivity index (χ1v) is 6.31. The molecule has 0 saturated heterocycles. The Morgan fingerprint density at radius 3 is 2.79 bits per heavy atom. The number of aliphatic imine (C=N–C) groups is 1. The van der Waals surface area contributed by atoms with Gasteiger partial charge in [-0.05, 0) is 22.8 Å². The van der Waals surface area contributed by atoms with Gasteiger partial charge in [0, 0.05) is 6.54 Å². The molecule has 0 saturated carbocycles. The third kappa shape index (κ3) is 3.26. The first-order chi connectivity index (χ1) is 8.93. The molecular formula is C15H17BrN2O. The van der Waals surface area contributed by atoms with Crippen LogP contribution in [0.5, 0.6) is 0 Å². The average molecular weight is 321 g/mol. The van der Waals surface area contributed by atoms with Crippen LogP contribution in [0.3, 0.4) is 0 Å². The highest BCUT2D eigenvalue weighted by atomic mass is 79.9. The summed E-state index contributed by atoms with van der Waals surface area (Å²) in [6, 6.07) is 15.6. The normalized spacial score (nSPS) is 13.6. The summed E-state index contributed by atoms with van der Waals surface area (Å²) in [5.74, 6) is 0. The van der Waals surface area contributed by atoms with Crippen LogP contribution >= 0.6 is 17.0 Å². The number of nitrogens with one attached hydrogen (secondary N) is 1. The summed E-state index contributed by atoms with van der Waals surface area (Å²) < 4.78 is 5.32. The molecule has 4 heteroatoms. The van der Waals surface area contributed by atoms with E-state index in [1.807, 2.05) is 0 Å². The van der Waals surface area contributed by atoms with Crippen LogP contribution in [0.1, 0.15) is 5.56 Å². The van der Waals surface area contributed by atoms with E-state index in [-0.39, 0.29) is 17.0 Å². The number of halogens is 1. The van der Waals surface area contributed by atoms with Crippen molar-refractivity contribution in [1.29, 1.82) is 0 Å². The van der Waals surface area contributed by atoms with Gasteiger partial charge in [-0.25, -0.2) is 4.99 Å². The Morgan fingerprint density at radius 2 is 1.95 bits per heavy atom. The Balaban J connectivity index is 0.00000133. The molecule has 0 bridgehead atoms. The largest absolute Gasteiger partial charge is 0.463 e. The molecular weight excluding hydrogens is 304 g/mol. The standard InChI is InChI=1S/C15H16N2O.BrH/c1-2-7-14-12(4-1)5-3-6-13(14)8-9-16-15-17-10-11-18-15;/h1-7H,8-11H2,(H,16,17);1H. The van der Waals surface area contributed by atoms with Crippen molar-refractivity contribution in [1.82, 2.24) is 5.32 Å². The van der Waals surface area contributed by atoms with E-state index in [4.69, 9.17) is 4.74 Å². The van der Waals surface area contributed by atoms with Crippen molar-refractivity contribution < 1.29 is 4.74 Å². The van der Waals surface area contributed by atoms with Crippen LogP contribution in [0.4, 0.5) is 0 Å². The zero-order chi connectivity index (χ0) is 12.2. The minimum absolute atomic E-state index is 0. The number of ether oxygens (including phenoxy) is 1. The van der Waals surface area contributed by atoms with Crippen LogP contribution < -0.4 is 5.32 Å². The van der Waals surface area contributed by atoms with Gasteiger partial charge in [-0.1, -0.05) is 42.5 Å². The molecule has 3 rings (SSSR count). The lowest BCUT2D eigenvalue weighted by atomic mass is 10.0. The van der Waals surface area contributed by atoms with Gasteiger partial charge in [0.2, 0.25) is 0 Å². The topological polar surface area (TPSA) is 33.6 Å². The van der Waals surface area contributed by atoms with Gasteiger partial charge in [0.05, 0.1) is 6.54 Å². The van der Waals surface area contributed by atoms with Crippen LogP contribution in [0.2, 0.25) is 0 Å². The van der Waals surface area contributed by atoms with Gasteiger partial charge in [-0.3, -0.25) is 0 Å². The predicted molar refractivity (Wildman–Crippen MR) is 84.2 cm³/mol. The van der Waals surface area contributed by atoms with Gasteiger partial charge in [0.15, 0.2) is 0 Å². The second-order valence-corrected chi connectivity index (χ2v) is 4.35. The van der Waals surface area contributed by atoms with Gasteiger partial charge >= 0.3 is 0 Å². The van der Waals surface area contributed by atoms with E-state index in [0.717, 1.165) is 19.5 Å². The molecule has 100 valence electrons. The van der Waals surface area contributed by atoms with Crippen LogP contribution in [0.15, 0.2) is 47.5 Å².